The van der Waals surface area contributed by atoms with Crippen molar-refractivity contribution in [1.82, 2.24) is 4.57 Å². The van der Waals surface area contributed by atoms with E-state index in [4.69, 9.17) is 15.9 Å². The van der Waals surface area contributed by atoms with Gasteiger partial charge < -0.3 is 14.0 Å². The highest BCUT2D eigenvalue weighted by Gasteiger charge is 2.27. The number of amides is 1. The lowest BCUT2D eigenvalue weighted by Crippen LogP contribution is -2.36. The molecule has 0 N–H and O–H groups in total. The maximum atomic E-state index is 14.2. The van der Waals surface area contributed by atoms with E-state index in [2.05, 4.69) is 10.9 Å². The van der Waals surface area contributed by atoms with Crippen molar-refractivity contribution in [3.05, 3.63) is 52.8 Å². The van der Waals surface area contributed by atoms with Crippen molar-refractivity contribution in [1.29, 1.82) is 0 Å². The van der Waals surface area contributed by atoms with E-state index in [0.717, 1.165) is 17.4 Å². The molecule has 0 radical (unpaired) electrons. The van der Waals surface area contributed by atoms with E-state index in [1.54, 1.807) is 24.3 Å². The SMILES string of the molecule is C#CCn1c(=NC(=O)[C@@H]2COc3ccccc3O2)sc2cc(F)cc(F)c21. The van der Waals surface area contributed by atoms with Crippen molar-refractivity contribution in [2.24, 2.45) is 4.99 Å². The summed E-state index contributed by atoms with van der Waals surface area (Å²) in [5.74, 6) is 1.30. The third-order valence-electron chi connectivity index (χ3n) is 3.93. The number of fused-ring (bicyclic) bond motifs is 2. The number of para-hydroxylation sites is 2. The van der Waals surface area contributed by atoms with Gasteiger partial charge in [-0.15, -0.1) is 6.42 Å². The van der Waals surface area contributed by atoms with Gasteiger partial charge in [0.1, 0.15) is 12.4 Å². The lowest BCUT2D eigenvalue weighted by molar-refractivity contribution is -0.127. The summed E-state index contributed by atoms with van der Waals surface area (Å²) < 4.78 is 40.5. The quantitative estimate of drug-likeness (QED) is 0.637. The third-order valence-corrected chi connectivity index (χ3v) is 4.96. The van der Waals surface area contributed by atoms with Crippen LogP contribution in [0.25, 0.3) is 10.2 Å². The molecule has 5 nitrogen and oxygen atoms in total. The summed E-state index contributed by atoms with van der Waals surface area (Å²) in [7, 11) is 0. The number of aromatic nitrogens is 1. The Balaban J connectivity index is 1.74. The van der Waals surface area contributed by atoms with Gasteiger partial charge in [-0.25, -0.2) is 8.78 Å². The summed E-state index contributed by atoms with van der Waals surface area (Å²) in [4.78, 5) is 16.8. The molecule has 0 saturated heterocycles. The number of terminal acetylenes is 1. The number of ether oxygens (including phenoxy) is 2. The first-order chi connectivity index (χ1) is 13.1. The van der Waals surface area contributed by atoms with Gasteiger partial charge in [-0.05, 0) is 18.2 Å². The number of hydrogen-bond acceptors (Lipinski definition) is 4. The lowest BCUT2D eigenvalue weighted by Gasteiger charge is -2.23. The first-order valence-electron chi connectivity index (χ1n) is 7.95. The minimum atomic E-state index is -0.939. The molecule has 1 amide bonds. The van der Waals surface area contributed by atoms with Crippen LogP contribution in [0.5, 0.6) is 11.5 Å². The molecular formula is C19H12F2N2O3S. The molecular weight excluding hydrogens is 374 g/mol. The Morgan fingerprint density at radius 3 is 2.89 bits per heavy atom. The molecule has 1 aromatic heterocycles. The molecule has 0 spiro atoms. The maximum Gasteiger partial charge on any atom is 0.292 e. The number of benzene rings is 2. The van der Waals surface area contributed by atoms with Gasteiger partial charge in [0.2, 0.25) is 6.10 Å². The highest BCUT2D eigenvalue weighted by atomic mass is 32.1. The van der Waals surface area contributed by atoms with Crippen LogP contribution in [0, 0.1) is 24.0 Å². The first kappa shape index (κ1) is 17.2. The van der Waals surface area contributed by atoms with Crippen LogP contribution in [0.15, 0.2) is 41.4 Å². The van der Waals surface area contributed by atoms with E-state index in [1.807, 2.05) is 0 Å². The van der Waals surface area contributed by atoms with E-state index >= 15 is 0 Å². The zero-order chi connectivity index (χ0) is 19.0. The molecule has 1 aliphatic heterocycles. The number of thiazole rings is 1. The molecule has 0 saturated carbocycles. The van der Waals surface area contributed by atoms with Crippen LogP contribution in [-0.4, -0.2) is 23.2 Å². The summed E-state index contributed by atoms with van der Waals surface area (Å²) >= 11 is 0.974. The predicted octanol–water partition coefficient (Wildman–Crippen LogP) is 2.88. The monoisotopic (exact) mass is 386 g/mol. The average Bonchev–Trinajstić information content (AvgIpc) is 2.98. The average molecular weight is 386 g/mol. The van der Waals surface area contributed by atoms with Gasteiger partial charge in [-0.1, -0.05) is 29.4 Å². The summed E-state index contributed by atoms with van der Waals surface area (Å²) in [5, 5.41) is 0. The standard InChI is InChI=1S/C19H12F2N2O3S/c1-2-7-23-17-12(21)8-11(20)9-16(17)27-19(23)22-18(24)15-10-25-13-5-3-4-6-14(13)26-15/h1,3-6,8-9,15H,7,10H2/t15-/m0/s1. The smallest absolute Gasteiger partial charge is 0.292 e. The van der Waals surface area contributed by atoms with Gasteiger partial charge in [-0.3, -0.25) is 4.79 Å². The third kappa shape index (κ3) is 3.17. The first-order valence-corrected chi connectivity index (χ1v) is 8.77. The van der Waals surface area contributed by atoms with Crippen LogP contribution in [0.3, 0.4) is 0 Å². The van der Waals surface area contributed by atoms with Crippen molar-refractivity contribution < 1.29 is 23.0 Å². The highest BCUT2D eigenvalue weighted by Crippen LogP contribution is 2.31. The van der Waals surface area contributed by atoms with Crippen LogP contribution in [0.1, 0.15) is 0 Å². The maximum absolute atomic E-state index is 14.2. The zero-order valence-electron chi connectivity index (χ0n) is 13.8. The molecule has 0 aliphatic carbocycles. The molecule has 0 fully saturated rings. The van der Waals surface area contributed by atoms with Gasteiger partial charge in [-0.2, -0.15) is 4.99 Å². The Hall–Kier alpha value is -3.18. The summed E-state index contributed by atoms with van der Waals surface area (Å²) in [6, 6.07) is 8.92. The second kappa shape index (κ2) is 6.85. The van der Waals surface area contributed by atoms with Gasteiger partial charge in [0, 0.05) is 6.07 Å². The summed E-state index contributed by atoms with van der Waals surface area (Å²) in [6.07, 6.45) is 4.41. The van der Waals surface area contributed by atoms with Crippen LogP contribution < -0.4 is 14.3 Å². The lowest BCUT2D eigenvalue weighted by atomic mass is 10.2. The molecule has 3 aromatic rings. The number of carbonyl (C=O) groups excluding carboxylic acids is 1. The van der Waals surface area contributed by atoms with Crippen LogP contribution in [0.4, 0.5) is 8.78 Å². The highest BCUT2D eigenvalue weighted by molar-refractivity contribution is 7.16. The Bertz CT molecular complexity index is 1160. The fourth-order valence-corrected chi connectivity index (χ4v) is 3.83. The minimum absolute atomic E-state index is 0.00235. The molecule has 2 heterocycles. The zero-order valence-corrected chi connectivity index (χ0v) is 14.6. The van der Waals surface area contributed by atoms with Crippen molar-refractivity contribution in [3.63, 3.8) is 0 Å². The molecule has 0 unspecified atom stereocenters. The Morgan fingerprint density at radius 2 is 2.11 bits per heavy atom. The topological polar surface area (TPSA) is 52.8 Å². The van der Waals surface area contributed by atoms with Crippen LogP contribution in [-0.2, 0) is 11.3 Å². The molecule has 27 heavy (non-hydrogen) atoms. The molecule has 2 aromatic carbocycles. The predicted molar refractivity (Wildman–Crippen MR) is 95.5 cm³/mol. The largest absolute Gasteiger partial charge is 0.485 e. The normalized spacial score (nSPS) is 16.3. The Labute approximate surface area is 156 Å². The molecule has 0 bridgehead atoms. The molecule has 4 rings (SSSR count). The fraction of sp³-hybridized carbons (Fsp3) is 0.158. The van der Waals surface area contributed by atoms with Crippen LogP contribution >= 0.6 is 11.3 Å². The number of rotatable bonds is 2. The second-order valence-electron chi connectivity index (χ2n) is 5.72. The van der Waals surface area contributed by atoms with E-state index in [9.17, 15) is 13.6 Å². The van der Waals surface area contributed by atoms with Crippen LogP contribution in [0.2, 0.25) is 0 Å². The summed E-state index contributed by atoms with van der Waals surface area (Å²) in [5.41, 5.74) is 0.108. The number of nitrogens with zero attached hydrogens (tertiary/aromatic N) is 2. The molecule has 1 atom stereocenters. The van der Waals surface area contributed by atoms with Gasteiger partial charge in [0.05, 0.1) is 16.8 Å². The van der Waals surface area contributed by atoms with Gasteiger partial charge in [0.25, 0.3) is 5.91 Å². The van der Waals surface area contributed by atoms with Crippen molar-refractivity contribution in [2.45, 2.75) is 12.6 Å². The van der Waals surface area contributed by atoms with E-state index in [1.165, 1.54) is 10.6 Å². The van der Waals surface area contributed by atoms with Crippen molar-refractivity contribution in [2.75, 3.05) is 6.61 Å². The van der Waals surface area contributed by atoms with Crippen molar-refractivity contribution >= 4 is 27.5 Å². The van der Waals surface area contributed by atoms with E-state index < -0.39 is 23.6 Å². The minimum Gasteiger partial charge on any atom is -0.485 e. The number of halogens is 2. The summed E-state index contributed by atoms with van der Waals surface area (Å²) in [6.45, 7) is -0.0120. The molecule has 8 heteroatoms. The Morgan fingerprint density at radius 1 is 1.33 bits per heavy atom. The molecule has 1 aliphatic rings. The number of hydrogen-bond donors (Lipinski definition) is 0. The Kier molecular flexibility index (Phi) is 4.38. The van der Waals surface area contributed by atoms with Gasteiger partial charge in [0.15, 0.2) is 22.1 Å². The van der Waals surface area contributed by atoms with E-state index in [0.29, 0.717) is 16.2 Å². The van der Waals surface area contributed by atoms with E-state index in [-0.39, 0.29) is 23.5 Å². The van der Waals surface area contributed by atoms with Gasteiger partial charge >= 0.3 is 0 Å². The second-order valence-corrected chi connectivity index (χ2v) is 6.73. The number of carbonyl (C=O) groups is 1. The fourth-order valence-electron chi connectivity index (χ4n) is 2.76. The van der Waals surface area contributed by atoms with Crippen molar-refractivity contribution in [3.8, 4) is 23.8 Å². The molecule has 136 valence electrons.